The molecule has 63 heavy (non-hydrogen) atoms. The van der Waals surface area contributed by atoms with Crippen molar-refractivity contribution in [1.29, 1.82) is 0 Å². The van der Waals surface area contributed by atoms with Crippen LogP contribution in [0, 0.1) is 68.0 Å². The molecule has 4 bridgehead atoms. The fourth-order valence-corrected chi connectivity index (χ4v) is 16.1. The van der Waals surface area contributed by atoms with Gasteiger partial charge in [0.25, 0.3) is 0 Å². The van der Waals surface area contributed by atoms with Gasteiger partial charge < -0.3 is 33.2 Å². The van der Waals surface area contributed by atoms with E-state index in [0.717, 1.165) is 51.4 Å². The predicted octanol–water partition coefficient (Wildman–Crippen LogP) is 10.6. The number of aliphatic hydroxyl groups excluding tert-OH is 1. The number of carbonyl (C=O) groups excluding carboxylic acids is 3. The Balaban J connectivity index is 0.000000238. The first-order chi connectivity index (χ1) is 29.1. The number of hydrogen-bond acceptors (Lipinski definition) is 10. The molecule has 1 N–H and O–H groups in total. The summed E-state index contributed by atoms with van der Waals surface area (Å²) in [6.45, 7) is 31.6. The highest BCUT2D eigenvalue weighted by Crippen LogP contribution is 2.70. The maximum absolute atomic E-state index is 14.1. The summed E-state index contributed by atoms with van der Waals surface area (Å²) < 4.78 is 35.5. The number of carbonyl (C=O) groups is 3. The fraction of sp³-hybridized carbons (Fsp3) is 0.942. The van der Waals surface area contributed by atoms with Crippen LogP contribution in [0.2, 0.25) is 18.1 Å². The quantitative estimate of drug-likeness (QED) is 0.115. The third kappa shape index (κ3) is 9.00. The van der Waals surface area contributed by atoms with Gasteiger partial charge in [0.2, 0.25) is 0 Å². The Bertz CT molecular complexity index is 1630. The number of rotatable bonds is 12. The second-order valence-corrected chi connectivity index (χ2v) is 29.2. The van der Waals surface area contributed by atoms with Crippen LogP contribution < -0.4 is 0 Å². The van der Waals surface area contributed by atoms with E-state index in [2.05, 4.69) is 82.3 Å². The standard InChI is InChI=1S/C27H50O4Si.C25H42O6/c1-18-11-13-27-14-12-20(30-8)22(27)26(18,7)21(28)17-25(6,23(29)19(27)2)15-16-31-32(9,10)24(3,4)5;1-16-8-10-25-11-9-19(29-7)21(25)24(16,5)20(31-15-28-6)14-23(4,22(27)17(25)2)12-13-30-18(3)26/h18-22,28H,11-17H2,1-10H3;16-17,19-21H,8-15H2,1-7H3/t18-,19+,20-,21-,22?,25-,26+,27?;16-,17+,19-,20?,21?,23-,24+,25?/m11/s1. The Kier molecular flexibility index (Phi) is 16.0. The lowest BCUT2D eigenvalue weighted by Crippen LogP contribution is -2.63. The van der Waals surface area contributed by atoms with Crippen molar-refractivity contribution < 1.29 is 47.6 Å². The highest BCUT2D eigenvalue weighted by Gasteiger charge is 2.69. The molecule has 0 spiro atoms. The first-order valence-corrected chi connectivity index (χ1v) is 27.7. The third-order valence-electron chi connectivity index (χ3n) is 20.6. The maximum atomic E-state index is 14.1. The summed E-state index contributed by atoms with van der Waals surface area (Å²) in [4.78, 5) is 39.6. The number of ether oxygens (including phenoxy) is 5. The first-order valence-electron chi connectivity index (χ1n) is 24.8. The number of hydrogen-bond donors (Lipinski definition) is 1. The van der Waals surface area contributed by atoms with E-state index >= 15 is 0 Å². The van der Waals surface area contributed by atoms with Crippen LogP contribution in [0.1, 0.15) is 160 Å². The largest absolute Gasteiger partial charge is 0.466 e. The minimum atomic E-state index is -1.88. The summed E-state index contributed by atoms with van der Waals surface area (Å²) in [5, 5.41) is 12.0. The van der Waals surface area contributed by atoms with E-state index in [-0.39, 0.29) is 93.8 Å². The van der Waals surface area contributed by atoms with Crippen molar-refractivity contribution in [2.75, 3.05) is 41.3 Å². The molecule has 6 fully saturated rings. The summed E-state index contributed by atoms with van der Waals surface area (Å²) in [6.07, 6.45) is 10.3. The van der Waals surface area contributed by atoms with Crippen molar-refractivity contribution >= 4 is 25.9 Å². The summed E-state index contributed by atoms with van der Waals surface area (Å²) in [6, 6.07) is 0. The van der Waals surface area contributed by atoms with E-state index in [4.69, 9.17) is 28.1 Å². The minimum Gasteiger partial charge on any atom is -0.466 e. The Labute approximate surface area is 384 Å². The third-order valence-corrected chi connectivity index (χ3v) is 25.1. The van der Waals surface area contributed by atoms with Crippen molar-refractivity contribution in [3.63, 3.8) is 0 Å². The van der Waals surface area contributed by atoms with Crippen LogP contribution in [-0.4, -0.2) is 96.7 Å². The molecular weight excluding hydrogens is 813 g/mol. The summed E-state index contributed by atoms with van der Waals surface area (Å²) in [7, 11) is 3.39. The molecule has 6 aliphatic rings. The monoisotopic (exact) mass is 905 g/mol. The van der Waals surface area contributed by atoms with Gasteiger partial charge in [0.1, 0.15) is 18.4 Å². The maximum Gasteiger partial charge on any atom is 0.302 e. The van der Waals surface area contributed by atoms with Gasteiger partial charge in [-0.15, -0.1) is 0 Å². The Morgan fingerprint density at radius 2 is 1.16 bits per heavy atom. The van der Waals surface area contributed by atoms with Crippen LogP contribution in [-0.2, 0) is 42.5 Å². The molecule has 0 heterocycles. The number of methoxy groups -OCH3 is 3. The zero-order chi connectivity index (χ0) is 47.4. The second kappa shape index (κ2) is 19.1. The van der Waals surface area contributed by atoms with E-state index in [0.29, 0.717) is 49.9 Å². The number of Topliss-reactive ketones (excluding diaryl/α,β-unsaturated/α-hetero) is 2. The molecule has 0 aromatic heterocycles. The molecule has 0 aromatic carbocycles. The first kappa shape index (κ1) is 52.8. The molecule has 5 unspecified atom stereocenters. The molecule has 0 aliphatic heterocycles. The highest BCUT2D eigenvalue weighted by molar-refractivity contribution is 6.74. The SMILES string of the molecule is COCOC1C[C@@](C)(CCOC(C)=O)C(=O)[C@H](C)C23CC[C@@H](C)[C@]1(C)C2[C@H](OC)CC3.CO[C@@H]1CCC23CC[C@@H](C)[C@](C)(C12)[C@H](O)C[C@@](C)(CCO[Si](C)(C)C(C)(C)C)C(=O)[C@@H]3C. The smallest absolute Gasteiger partial charge is 0.302 e. The van der Waals surface area contributed by atoms with Gasteiger partial charge in [0, 0.05) is 68.4 Å². The van der Waals surface area contributed by atoms with E-state index in [1.54, 1.807) is 7.11 Å². The Hall–Kier alpha value is -1.21. The second-order valence-electron chi connectivity index (χ2n) is 24.4. The number of esters is 1. The Morgan fingerprint density at radius 3 is 1.62 bits per heavy atom. The van der Waals surface area contributed by atoms with Gasteiger partial charge in [-0.1, -0.05) is 76.2 Å². The van der Waals surface area contributed by atoms with E-state index in [9.17, 15) is 19.5 Å². The number of ketones is 2. The molecule has 10 nitrogen and oxygen atoms in total. The van der Waals surface area contributed by atoms with Gasteiger partial charge in [-0.05, 0) is 130 Å². The van der Waals surface area contributed by atoms with Gasteiger partial charge in [-0.25, -0.2) is 0 Å². The molecule has 0 radical (unpaired) electrons. The van der Waals surface area contributed by atoms with Crippen molar-refractivity contribution in [3.8, 4) is 0 Å². The molecule has 0 aromatic rings. The van der Waals surface area contributed by atoms with Crippen molar-refractivity contribution in [2.45, 2.75) is 203 Å². The van der Waals surface area contributed by atoms with Gasteiger partial charge in [0.15, 0.2) is 8.32 Å². The molecule has 6 aliphatic carbocycles. The lowest BCUT2D eigenvalue weighted by atomic mass is 9.44. The van der Waals surface area contributed by atoms with E-state index < -0.39 is 25.3 Å². The summed E-state index contributed by atoms with van der Waals surface area (Å²) in [5.74, 6) is 1.62. The lowest BCUT2D eigenvalue weighted by Gasteiger charge is -2.62. The Morgan fingerprint density at radius 1 is 0.714 bits per heavy atom. The van der Waals surface area contributed by atoms with Crippen LogP contribution in [0.3, 0.4) is 0 Å². The lowest BCUT2D eigenvalue weighted by molar-refractivity contribution is -0.220. The highest BCUT2D eigenvalue weighted by atomic mass is 28.4. The van der Waals surface area contributed by atoms with E-state index in [1.807, 2.05) is 21.1 Å². The topological polar surface area (TPSA) is 127 Å². The van der Waals surface area contributed by atoms with Crippen LogP contribution in [0.4, 0.5) is 0 Å². The minimum absolute atomic E-state index is 0.00940. The molecule has 6 rings (SSSR count). The van der Waals surface area contributed by atoms with E-state index in [1.165, 1.54) is 6.92 Å². The van der Waals surface area contributed by atoms with Crippen molar-refractivity contribution in [3.05, 3.63) is 0 Å². The van der Waals surface area contributed by atoms with Crippen molar-refractivity contribution in [1.82, 2.24) is 0 Å². The fourth-order valence-electron chi connectivity index (χ4n) is 15.0. The summed E-state index contributed by atoms with van der Waals surface area (Å²) in [5.41, 5.74) is -1.66. The van der Waals surface area contributed by atoms with Crippen LogP contribution in [0.5, 0.6) is 0 Å². The molecular formula is C52H92O10Si. The van der Waals surface area contributed by atoms with Gasteiger partial charge >= 0.3 is 5.97 Å². The molecule has 0 amide bonds. The van der Waals surface area contributed by atoms with Gasteiger partial charge in [-0.2, -0.15) is 0 Å². The number of aliphatic hydroxyl groups is 1. The predicted molar refractivity (Wildman–Crippen MR) is 250 cm³/mol. The molecule has 11 heteroatoms. The molecule has 16 atom stereocenters. The average molecular weight is 905 g/mol. The molecule has 364 valence electrons. The van der Waals surface area contributed by atoms with Crippen LogP contribution in [0.25, 0.3) is 0 Å². The summed E-state index contributed by atoms with van der Waals surface area (Å²) >= 11 is 0. The zero-order valence-electron chi connectivity index (χ0n) is 43.0. The molecule has 6 saturated carbocycles. The van der Waals surface area contributed by atoms with Crippen LogP contribution in [0.15, 0.2) is 0 Å². The van der Waals surface area contributed by atoms with Crippen molar-refractivity contribution in [2.24, 2.45) is 68.0 Å². The molecule has 0 saturated heterocycles. The zero-order valence-corrected chi connectivity index (χ0v) is 44.0. The van der Waals surface area contributed by atoms with Crippen LogP contribution >= 0.6 is 0 Å². The average Bonchev–Trinajstić information content (AvgIpc) is 3.81. The van der Waals surface area contributed by atoms with Gasteiger partial charge in [-0.3, -0.25) is 14.4 Å². The normalized spacial score (nSPS) is 45.2. The van der Waals surface area contributed by atoms with Gasteiger partial charge in [0.05, 0.1) is 31.0 Å².